The fraction of sp³-hybridized carbons (Fsp3) is 0.200. The van der Waals surface area contributed by atoms with Crippen LogP contribution in [-0.4, -0.2) is 28.0 Å². The number of benzene rings is 2. The summed E-state index contributed by atoms with van der Waals surface area (Å²) in [6.45, 7) is 1.58. The van der Waals surface area contributed by atoms with Gasteiger partial charge in [-0.05, 0) is 18.1 Å². The maximum atomic E-state index is 12.5. The number of rotatable bonds is 4. The van der Waals surface area contributed by atoms with Crippen molar-refractivity contribution in [1.29, 1.82) is 0 Å². The van der Waals surface area contributed by atoms with Gasteiger partial charge in [0.15, 0.2) is 0 Å². The van der Waals surface area contributed by atoms with Crippen LogP contribution in [0.25, 0.3) is 0 Å². The van der Waals surface area contributed by atoms with E-state index < -0.39 is 18.0 Å². The molecule has 2 amide bonds. The number of aliphatic hydroxyl groups is 1. The van der Waals surface area contributed by atoms with Crippen molar-refractivity contribution >= 4 is 12.0 Å². The number of aliphatic hydroxyl groups excluding tert-OH is 1. The molecule has 1 aliphatic heterocycles. The smallest absolute Gasteiger partial charge is 0.417 e. The molecule has 0 spiro atoms. The van der Waals surface area contributed by atoms with Crippen LogP contribution >= 0.6 is 0 Å². The Kier molecular flexibility index (Phi) is 4.84. The third-order valence-corrected chi connectivity index (χ3v) is 4.22. The van der Waals surface area contributed by atoms with Gasteiger partial charge in [-0.3, -0.25) is 4.79 Å². The average Bonchev–Trinajstić information content (AvgIpc) is 2.85. The van der Waals surface area contributed by atoms with Gasteiger partial charge in [0.2, 0.25) is 0 Å². The topological polar surface area (TPSA) is 66.8 Å². The minimum atomic E-state index is -0.752. The third kappa shape index (κ3) is 3.55. The quantitative estimate of drug-likeness (QED) is 0.925. The Labute approximate surface area is 146 Å². The van der Waals surface area contributed by atoms with Gasteiger partial charge < -0.3 is 9.84 Å². The lowest BCUT2D eigenvalue weighted by Crippen LogP contribution is -2.42. The molecule has 2 aromatic carbocycles. The number of hydrogen-bond acceptors (Lipinski definition) is 4. The van der Waals surface area contributed by atoms with Crippen molar-refractivity contribution in [1.82, 2.24) is 4.90 Å². The first-order valence-electron chi connectivity index (χ1n) is 8.06. The molecule has 1 atom stereocenters. The van der Waals surface area contributed by atoms with Gasteiger partial charge in [0.1, 0.15) is 18.4 Å². The number of ether oxygens (including phenoxy) is 1. The molecule has 1 heterocycles. The molecule has 0 aromatic heterocycles. The number of carbonyl (C=O) groups is 2. The third-order valence-electron chi connectivity index (χ3n) is 4.22. The normalized spacial score (nSPS) is 17.1. The molecule has 2 aromatic rings. The predicted octanol–water partition coefficient (Wildman–Crippen LogP) is 3.61. The Balaban J connectivity index is 1.75. The Morgan fingerprint density at radius 2 is 1.60 bits per heavy atom. The number of carbonyl (C=O) groups excluding carboxylic acids is 2. The minimum Gasteiger partial charge on any atom is -0.510 e. The summed E-state index contributed by atoms with van der Waals surface area (Å²) in [5.74, 6) is -0.595. The number of hydrogen-bond donors (Lipinski definition) is 1. The zero-order valence-electron chi connectivity index (χ0n) is 13.9. The highest BCUT2D eigenvalue weighted by Crippen LogP contribution is 2.27. The van der Waals surface area contributed by atoms with Crippen LogP contribution in [0.4, 0.5) is 4.79 Å². The molecular formula is C20H19NO4. The van der Waals surface area contributed by atoms with Crippen LogP contribution in [0.15, 0.2) is 72.0 Å². The van der Waals surface area contributed by atoms with Crippen LogP contribution in [0, 0.1) is 0 Å². The second kappa shape index (κ2) is 7.21. The van der Waals surface area contributed by atoms with Crippen LogP contribution in [0.3, 0.4) is 0 Å². The van der Waals surface area contributed by atoms with Gasteiger partial charge in [-0.2, -0.15) is 0 Å². The largest absolute Gasteiger partial charge is 0.510 e. The van der Waals surface area contributed by atoms with Gasteiger partial charge in [-0.25, -0.2) is 9.69 Å². The highest BCUT2D eigenvalue weighted by atomic mass is 16.6. The zero-order valence-corrected chi connectivity index (χ0v) is 13.9. The summed E-state index contributed by atoms with van der Waals surface area (Å²) in [7, 11) is 0. The molecule has 5 nitrogen and oxygen atoms in total. The van der Waals surface area contributed by atoms with Crippen molar-refractivity contribution in [2.75, 3.05) is 0 Å². The van der Waals surface area contributed by atoms with E-state index in [1.807, 2.05) is 60.7 Å². The molecule has 0 fully saturated rings. The Morgan fingerprint density at radius 3 is 2.20 bits per heavy atom. The molecule has 25 heavy (non-hydrogen) atoms. The molecule has 0 aliphatic carbocycles. The number of imide groups is 1. The Bertz CT molecular complexity index is 799. The van der Waals surface area contributed by atoms with E-state index in [0.29, 0.717) is 6.42 Å². The van der Waals surface area contributed by atoms with Crippen molar-refractivity contribution in [2.45, 2.75) is 26.0 Å². The van der Waals surface area contributed by atoms with Crippen LogP contribution in [0.1, 0.15) is 18.1 Å². The summed E-state index contributed by atoms with van der Waals surface area (Å²) >= 11 is 0. The van der Waals surface area contributed by atoms with Crippen molar-refractivity contribution in [3.05, 3.63) is 83.1 Å². The van der Waals surface area contributed by atoms with E-state index >= 15 is 0 Å². The molecule has 0 saturated carbocycles. The van der Waals surface area contributed by atoms with Gasteiger partial charge >= 0.3 is 6.09 Å². The molecule has 0 unspecified atom stereocenters. The molecule has 0 radical (unpaired) electrons. The van der Waals surface area contributed by atoms with E-state index in [1.54, 1.807) is 0 Å². The van der Waals surface area contributed by atoms with Gasteiger partial charge in [0, 0.05) is 6.42 Å². The lowest BCUT2D eigenvalue weighted by atomic mass is 10.0. The van der Waals surface area contributed by atoms with Gasteiger partial charge in [0.05, 0.1) is 5.57 Å². The second-order valence-electron chi connectivity index (χ2n) is 5.93. The first-order valence-corrected chi connectivity index (χ1v) is 8.06. The van der Waals surface area contributed by atoms with E-state index in [2.05, 4.69) is 0 Å². The fourth-order valence-electron chi connectivity index (χ4n) is 2.83. The summed E-state index contributed by atoms with van der Waals surface area (Å²) < 4.78 is 5.28. The summed E-state index contributed by atoms with van der Waals surface area (Å²) in [5.41, 5.74) is 1.93. The standard InChI is InChI=1S/C20H19NO4/c1-14-18(22)17(12-15-8-4-2-5-9-15)21(19(14)23)20(24)25-13-16-10-6-3-7-11-16/h2-11,17,22H,12-13H2,1H3/t17-/m0/s1. The molecule has 3 rings (SSSR count). The summed E-state index contributed by atoms with van der Waals surface area (Å²) in [6, 6.07) is 17.9. The second-order valence-corrected chi connectivity index (χ2v) is 5.93. The van der Waals surface area contributed by atoms with Crippen LogP contribution in [0.2, 0.25) is 0 Å². The van der Waals surface area contributed by atoms with Crippen LogP contribution < -0.4 is 0 Å². The van der Waals surface area contributed by atoms with Crippen LogP contribution in [0.5, 0.6) is 0 Å². The average molecular weight is 337 g/mol. The minimum absolute atomic E-state index is 0.0708. The molecule has 0 bridgehead atoms. The summed E-state index contributed by atoms with van der Waals surface area (Å²) in [5, 5.41) is 10.3. The first kappa shape index (κ1) is 16.8. The Hall–Kier alpha value is -3.08. The first-order chi connectivity index (χ1) is 12.1. The van der Waals surface area contributed by atoms with Gasteiger partial charge in [-0.1, -0.05) is 60.7 Å². The number of nitrogens with zero attached hydrogens (tertiary/aromatic N) is 1. The van der Waals surface area contributed by atoms with Crippen molar-refractivity contribution < 1.29 is 19.4 Å². The van der Waals surface area contributed by atoms with E-state index in [1.165, 1.54) is 6.92 Å². The molecule has 1 aliphatic rings. The molecule has 128 valence electrons. The summed E-state index contributed by atoms with van der Waals surface area (Å²) in [4.78, 5) is 25.8. The van der Waals surface area contributed by atoms with Crippen LogP contribution in [-0.2, 0) is 22.6 Å². The van der Waals surface area contributed by atoms with E-state index in [0.717, 1.165) is 16.0 Å². The molecule has 5 heteroatoms. The van der Waals surface area contributed by atoms with E-state index in [-0.39, 0.29) is 17.9 Å². The Morgan fingerprint density at radius 1 is 1.04 bits per heavy atom. The molecule has 0 saturated heterocycles. The van der Waals surface area contributed by atoms with Crippen molar-refractivity contribution in [2.24, 2.45) is 0 Å². The number of amides is 2. The predicted molar refractivity (Wildman–Crippen MR) is 92.7 cm³/mol. The van der Waals surface area contributed by atoms with Gasteiger partial charge in [-0.15, -0.1) is 0 Å². The van der Waals surface area contributed by atoms with Crippen molar-refractivity contribution in [3.8, 4) is 0 Å². The lowest BCUT2D eigenvalue weighted by molar-refractivity contribution is -0.125. The maximum Gasteiger partial charge on any atom is 0.417 e. The summed E-state index contributed by atoms with van der Waals surface area (Å²) in [6.07, 6.45) is -0.408. The zero-order chi connectivity index (χ0) is 17.8. The monoisotopic (exact) mass is 337 g/mol. The SMILES string of the molecule is CC1=C(O)[C@H](Cc2ccccc2)N(C(=O)OCc2ccccc2)C1=O. The van der Waals surface area contributed by atoms with E-state index in [9.17, 15) is 14.7 Å². The molecule has 1 N–H and O–H groups in total. The van der Waals surface area contributed by atoms with Gasteiger partial charge in [0.25, 0.3) is 5.91 Å². The van der Waals surface area contributed by atoms with E-state index in [4.69, 9.17) is 4.74 Å². The highest BCUT2D eigenvalue weighted by Gasteiger charge is 2.42. The maximum absolute atomic E-state index is 12.5. The molecular weight excluding hydrogens is 318 g/mol. The fourth-order valence-corrected chi connectivity index (χ4v) is 2.83. The highest BCUT2D eigenvalue weighted by molar-refractivity contribution is 6.05. The van der Waals surface area contributed by atoms with Crippen molar-refractivity contribution in [3.63, 3.8) is 0 Å². The lowest BCUT2D eigenvalue weighted by Gasteiger charge is -2.23.